The predicted molar refractivity (Wildman–Crippen MR) is 72.7 cm³/mol. The number of hydrogen-bond donors (Lipinski definition) is 3. The molecule has 3 atom stereocenters. The molecule has 1 aliphatic heterocycles. The molecule has 0 aromatic carbocycles. The third-order valence-corrected chi connectivity index (χ3v) is 3.28. The van der Waals surface area contributed by atoms with Gasteiger partial charge in [0, 0.05) is 6.42 Å². The van der Waals surface area contributed by atoms with Gasteiger partial charge in [-0.3, -0.25) is 19.2 Å². The van der Waals surface area contributed by atoms with Crippen LogP contribution in [0.3, 0.4) is 0 Å². The van der Waals surface area contributed by atoms with Gasteiger partial charge >= 0.3 is 5.97 Å². The number of hydrogen-bond acceptors (Lipinski definition) is 5. The molecule has 8 nitrogen and oxygen atoms in total. The molecule has 3 amide bonds. The van der Waals surface area contributed by atoms with E-state index in [4.69, 9.17) is 10.5 Å². The monoisotopic (exact) mass is 299 g/mol. The summed E-state index contributed by atoms with van der Waals surface area (Å²) in [6, 6.07) is -1.64. The van der Waals surface area contributed by atoms with Gasteiger partial charge in [0.1, 0.15) is 12.1 Å². The smallest absolute Gasteiger partial charge is 0.306 e. The van der Waals surface area contributed by atoms with E-state index in [0.717, 1.165) is 0 Å². The molecule has 1 fully saturated rings. The molecular weight excluding hydrogens is 278 g/mol. The minimum absolute atomic E-state index is 0.0290. The van der Waals surface area contributed by atoms with Crippen molar-refractivity contribution in [1.82, 2.24) is 10.6 Å². The molecule has 0 radical (unpaired) electrons. The van der Waals surface area contributed by atoms with Gasteiger partial charge in [-0.05, 0) is 19.3 Å². The first-order chi connectivity index (χ1) is 9.85. The molecule has 0 aliphatic carbocycles. The number of carbonyl (C=O) groups excluding carboxylic acids is 4. The van der Waals surface area contributed by atoms with Gasteiger partial charge < -0.3 is 21.1 Å². The second-order valence-corrected chi connectivity index (χ2v) is 5.03. The van der Waals surface area contributed by atoms with Crippen LogP contribution in [0.5, 0.6) is 0 Å². The zero-order valence-electron chi connectivity index (χ0n) is 12.2. The molecule has 0 aromatic rings. The summed E-state index contributed by atoms with van der Waals surface area (Å²) in [6.45, 7) is 3.55. The van der Waals surface area contributed by atoms with E-state index in [1.807, 2.05) is 0 Å². The van der Waals surface area contributed by atoms with Gasteiger partial charge in [-0.15, -0.1) is 0 Å². The molecule has 8 heteroatoms. The number of amides is 3. The fourth-order valence-corrected chi connectivity index (χ4v) is 2.16. The van der Waals surface area contributed by atoms with Crippen molar-refractivity contribution in [2.75, 3.05) is 6.61 Å². The van der Waals surface area contributed by atoms with E-state index in [9.17, 15) is 19.2 Å². The van der Waals surface area contributed by atoms with Crippen molar-refractivity contribution in [2.45, 2.75) is 45.2 Å². The maximum absolute atomic E-state index is 12.0. The highest BCUT2D eigenvalue weighted by Crippen LogP contribution is 2.12. The third-order valence-electron chi connectivity index (χ3n) is 3.28. The average molecular weight is 299 g/mol. The Morgan fingerprint density at radius 1 is 1.48 bits per heavy atom. The first-order valence-corrected chi connectivity index (χ1v) is 6.89. The summed E-state index contributed by atoms with van der Waals surface area (Å²) >= 11 is 0. The molecule has 1 aliphatic rings. The van der Waals surface area contributed by atoms with Crippen LogP contribution in [0.25, 0.3) is 0 Å². The number of esters is 1. The molecule has 21 heavy (non-hydrogen) atoms. The molecule has 0 saturated carbocycles. The van der Waals surface area contributed by atoms with E-state index in [2.05, 4.69) is 10.6 Å². The van der Waals surface area contributed by atoms with E-state index in [0.29, 0.717) is 6.42 Å². The lowest BCUT2D eigenvalue weighted by atomic mass is 9.97. The van der Waals surface area contributed by atoms with Gasteiger partial charge in [0.15, 0.2) is 0 Å². The number of primary amides is 1. The minimum atomic E-state index is -0.987. The maximum atomic E-state index is 12.0. The summed E-state index contributed by atoms with van der Waals surface area (Å²) in [7, 11) is 0. The van der Waals surface area contributed by atoms with Gasteiger partial charge in [0.05, 0.1) is 13.0 Å². The SMILES string of the molecule is CCOC(=O)C[C@@H](C)[C@@H](NC(=O)[C@H]1CCC(=O)N1)C(N)=O. The third kappa shape index (κ3) is 5.05. The van der Waals surface area contributed by atoms with E-state index in [1.165, 1.54) is 0 Å². The summed E-state index contributed by atoms with van der Waals surface area (Å²) < 4.78 is 4.80. The van der Waals surface area contributed by atoms with Gasteiger partial charge in [-0.2, -0.15) is 0 Å². The van der Waals surface area contributed by atoms with Crippen LogP contribution in [0.4, 0.5) is 0 Å². The van der Waals surface area contributed by atoms with E-state index in [-0.39, 0.29) is 25.4 Å². The number of ether oxygens (including phenoxy) is 1. The molecule has 0 unspecified atom stereocenters. The molecule has 1 rings (SSSR count). The van der Waals surface area contributed by atoms with Crippen molar-refractivity contribution in [2.24, 2.45) is 11.7 Å². The molecule has 1 heterocycles. The van der Waals surface area contributed by atoms with Gasteiger partial charge in [0.2, 0.25) is 17.7 Å². The summed E-state index contributed by atoms with van der Waals surface area (Å²) in [5, 5.41) is 4.99. The van der Waals surface area contributed by atoms with Crippen molar-refractivity contribution in [3.8, 4) is 0 Å². The van der Waals surface area contributed by atoms with Crippen LogP contribution in [0.2, 0.25) is 0 Å². The quantitative estimate of drug-likeness (QED) is 0.510. The summed E-state index contributed by atoms with van der Waals surface area (Å²) in [4.78, 5) is 45.9. The summed E-state index contributed by atoms with van der Waals surface area (Å²) in [5.41, 5.74) is 5.27. The van der Waals surface area contributed by atoms with Crippen LogP contribution in [0, 0.1) is 5.92 Å². The Labute approximate surface area is 122 Å². The molecule has 4 N–H and O–H groups in total. The standard InChI is InChI=1S/C13H21N3O5/c1-3-21-10(18)6-7(2)11(12(14)19)16-13(20)8-4-5-9(17)15-8/h7-8,11H,3-6H2,1-2H3,(H2,14,19)(H,15,17)(H,16,20)/t7-,8-,11-/m1/s1. The van der Waals surface area contributed by atoms with Crippen molar-refractivity contribution in [3.05, 3.63) is 0 Å². The number of carbonyl (C=O) groups is 4. The maximum Gasteiger partial charge on any atom is 0.306 e. The van der Waals surface area contributed by atoms with Crippen LogP contribution >= 0.6 is 0 Å². The van der Waals surface area contributed by atoms with Gasteiger partial charge in [-0.25, -0.2) is 0 Å². The highest BCUT2D eigenvalue weighted by atomic mass is 16.5. The second-order valence-electron chi connectivity index (χ2n) is 5.03. The van der Waals surface area contributed by atoms with Crippen LogP contribution in [0.1, 0.15) is 33.1 Å². The topological polar surface area (TPSA) is 128 Å². The Morgan fingerprint density at radius 2 is 2.14 bits per heavy atom. The normalized spacial score (nSPS) is 20.3. The van der Waals surface area contributed by atoms with E-state index >= 15 is 0 Å². The lowest BCUT2D eigenvalue weighted by molar-refractivity contribution is -0.145. The fraction of sp³-hybridized carbons (Fsp3) is 0.692. The Balaban J connectivity index is 2.60. The first-order valence-electron chi connectivity index (χ1n) is 6.89. The highest BCUT2D eigenvalue weighted by Gasteiger charge is 2.32. The lowest BCUT2D eigenvalue weighted by Crippen LogP contribution is -2.53. The number of rotatable bonds is 7. The lowest BCUT2D eigenvalue weighted by Gasteiger charge is -2.23. The molecule has 0 bridgehead atoms. The average Bonchev–Trinajstić information content (AvgIpc) is 2.82. The first kappa shape index (κ1) is 16.9. The molecular formula is C13H21N3O5. The van der Waals surface area contributed by atoms with Crippen molar-refractivity contribution in [3.63, 3.8) is 0 Å². The van der Waals surface area contributed by atoms with Crippen LogP contribution in [-0.2, 0) is 23.9 Å². The van der Waals surface area contributed by atoms with Crippen molar-refractivity contribution >= 4 is 23.7 Å². The van der Waals surface area contributed by atoms with Crippen molar-refractivity contribution in [1.29, 1.82) is 0 Å². The fourth-order valence-electron chi connectivity index (χ4n) is 2.16. The van der Waals surface area contributed by atoms with E-state index < -0.39 is 35.8 Å². The zero-order chi connectivity index (χ0) is 16.0. The Bertz CT molecular complexity index is 438. The number of nitrogens with one attached hydrogen (secondary N) is 2. The summed E-state index contributed by atoms with van der Waals surface area (Å²) in [5.74, 6) is -2.36. The van der Waals surface area contributed by atoms with Gasteiger partial charge in [0.25, 0.3) is 0 Å². The molecule has 1 saturated heterocycles. The minimum Gasteiger partial charge on any atom is -0.466 e. The predicted octanol–water partition coefficient (Wildman–Crippen LogP) is -1.18. The Morgan fingerprint density at radius 3 is 2.62 bits per heavy atom. The van der Waals surface area contributed by atoms with Crippen LogP contribution in [0.15, 0.2) is 0 Å². The largest absolute Gasteiger partial charge is 0.466 e. The Hall–Kier alpha value is -2.12. The molecule has 0 spiro atoms. The number of nitrogens with two attached hydrogens (primary N) is 1. The van der Waals surface area contributed by atoms with Crippen LogP contribution in [-0.4, -0.2) is 42.4 Å². The summed E-state index contributed by atoms with van der Waals surface area (Å²) in [6.07, 6.45) is 0.624. The molecule has 0 aromatic heterocycles. The van der Waals surface area contributed by atoms with Crippen LogP contribution < -0.4 is 16.4 Å². The molecule has 118 valence electrons. The van der Waals surface area contributed by atoms with Gasteiger partial charge in [-0.1, -0.05) is 6.92 Å². The Kier molecular flexibility index (Phi) is 6.13. The highest BCUT2D eigenvalue weighted by molar-refractivity contribution is 5.93. The van der Waals surface area contributed by atoms with E-state index in [1.54, 1.807) is 13.8 Å². The van der Waals surface area contributed by atoms with Crippen molar-refractivity contribution < 1.29 is 23.9 Å². The zero-order valence-corrected chi connectivity index (χ0v) is 12.2. The second kappa shape index (κ2) is 7.61.